The van der Waals surface area contributed by atoms with Crippen LogP contribution in [0.25, 0.3) is 0 Å². The molecule has 3 aromatic rings. The number of halogens is 2. The molecule has 1 aliphatic heterocycles. The number of nitrogens with zero attached hydrogens (tertiary/aromatic N) is 3. The molecule has 2 aromatic heterocycles. The maximum atomic E-state index is 13.6. The van der Waals surface area contributed by atoms with E-state index in [1.165, 1.54) is 13.1 Å². The Morgan fingerprint density at radius 1 is 1.12 bits per heavy atom. The molecule has 0 radical (unpaired) electrons. The highest BCUT2D eigenvalue weighted by molar-refractivity contribution is 8.01. The van der Waals surface area contributed by atoms with Crippen LogP contribution < -0.4 is 21.9 Å². The Kier molecular flexibility index (Phi) is 6.09. The first kappa shape index (κ1) is 22.4. The average molecular weight is 473 g/mol. The zero-order chi connectivity index (χ0) is 23.7. The van der Waals surface area contributed by atoms with E-state index in [9.17, 15) is 28.0 Å². The summed E-state index contributed by atoms with van der Waals surface area (Å²) in [5.41, 5.74) is -0.541. The van der Waals surface area contributed by atoms with E-state index in [1.807, 2.05) is 0 Å². The lowest BCUT2D eigenvalue weighted by atomic mass is 10.2. The number of pyridine rings is 1. The minimum absolute atomic E-state index is 0.0108. The molecule has 33 heavy (non-hydrogen) atoms. The summed E-state index contributed by atoms with van der Waals surface area (Å²) >= 11 is 0.725. The van der Waals surface area contributed by atoms with E-state index in [0.29, 0.717) is 0 Å². The summed E-state index contributed by atoms with van der Waals surface area (Å²) < 4.78 is 28.7. The topological polar surface area (TPSA) is 115 Å². The number of carbonyl (C=O) groups is 2. The third-order valence-electron chi connectivity index (χ3n) is 5.00. The number of aromatic nitrogens is 3. The van der Waals surface area contributed by atoms with Gasteiger partial charge in [-0.2, -0.15) is 0 Å². The third-order valence-corrected chi connectivity index (χ3v) is 6.27. The van der Waals surface area contributed by atoms with Gasteiger partial charge in [-0.25, -0.2) is 13.6 Å². The Labute approximate surface area is 189 Å². The predicted octanol–water partition coefficient (Wildman–Crippen LogP) is 0.998. The molecule has 4 rings (SSSR count). The molecule has 170 valence electrons. The number of benzene rings is 1. The molecule has 3 heterocycles. The second-order valence-electron chi connectivity index (χ2n) is 7.22. The van der Waals surface area contributed by atoms with Crippen LogP contribution in [0, 0.1) is 11.6 Å². The van der Waals surface area contributed by atoms with Crippen LogP contribution in [0.3, 0.4) is 0 Å². The SMILES string of the molecule is Cn1c2c(c(=O)n(Cc3ccc(F)c(F)c3)c1=O)SC(C(=O)NCc1ccncc1)C(=O)N2. The Bertz CT molecular complexity index is 1370. The monoisotopic (exact) mass is 473 g/mol. The fourth-order valence-corrected chi connectivity index (χ4v) is 4.36. The van der Waals surface area contributed by atoms with Crippen molar-refractivity contribution in [2.75, 3.05) is 5.32 Å². The van der Waals surface area contributed by atoms with Crippen LogP contribution in [0.1, 0.15) is 11.1 Å². The lowest BCUT2D eigenvalue weighted by Gasteiger charge is -2.25. The van der Waals surface area contributed by atoms with Gasteiger partial charge in [0.1, 0.15) is 10.7 Å². The first-order chi connectivity index (χ1) is 15.8. The molecule has 2 amide bonds. The van der Waals surface area contributed by atoms with Crippen LogP contribution in [0.5, 0.6) is 0 Å². The smallest absolute Gasteiger partial charge is 0.332 e. The minimum atomic E-state index is -1.26. The molecule has 0 saturated carbocycles. The summed E-state index contributed by atoms with van der Waals surface area (Å²) in [5.74, 6) is -3.47. The van der Waals surface area contributed by atoms with Crippen LogP contribution in [-0.2, 0) is 29.7 Å². The average Bonchev–Trinajstić information content (AvgIpc) is 2.81. The van der Waals surface area contributed by atoms with E-state index in [-0.39, 0.29) is 29.4 Å². The van der Waals surface area contributed by atoms with E-state index in [2.05, 4.69) is 15.6 Å². The first-order valence-corrected chi connectivity index (χ1v) is 10.6. The minimum Gasteiger partial charge on any atom is -0.351 e. The zero-order valence-corrected chi connectivity index (χ0v) is 18.0. The molecule has 0 saturated heterocycles. The Morgan fingerprint density at radius 2 is 1.85 bits per heavy atom. The third kappa shape index (κ3) is 4.42. The van der Waals surface area contributed by atoms with Crippen LogP contribution in [-0.4, -0.2) is 31.2 Å². The standard InChI is InChI=1S/C21H17F2N5O4S/c1-27-17-15(20(31)28(21(27)32)10-12-2-3-13(22)14(23)8-12)33-16(19(30)26-17)18(29)25-9-11-4-6-24-7-5-11/h2-8,16H,9-10H2,1H3,(H,25,29)(H,26,30). The molecule has 12 heteroatoms. The fraction of sp³-hybridized carbons (Fsp3) is 0.190. The van der Waals surface area contributed by atoms with Gasteiger partial charge in [-0.3, -0.25) is 28.5 Å². The van der Waals surface area contributed by atoms with Crippen molar-refractivity contribution < 1.29 is 18.4 Å². The lowest BCUT2D eigenvalue weighted by molar-refractivity contribution is -0.126. The van der Waals surface area contributed by atoms with Gasteiger partial charge in [-0.1, -0.05) is 17.8 Å². The van der Waals surface area contributed by atoms with E-state index in [1.54, 1.807) is 24.5 Å². The number of nitrogens with one attached hydrogen (secondary N) is 2. The second-order valence-corrected chi connectivity index (χ2v) is 8.33. The summed E-state index contributed by atoms with van der Waals surface area (Å²) in [7, 11) is 1.35. The molecule has 9 nitrogen and oxygen atoms in total. The van der Waals surface area contributed by atoms with Crippen LogP contribution in [0.2, 0.25) is 0 Å². The molecule has 0 bridgehead atoms. The van der Waals surface area contributed by atoms with Crippen molar-refractivity contribution in [1.82, 2.24) is 19.4 Å². The number of hydrogen-bond donors (Lipinski definition) is 2. The van der Waals surface area contributed by atoms with Crippen LogP contribution in [0.4, 0.5) is 14.6 Å². The largest absolute Gasteiger partial charge is 0.351 e. The first-order valence-electron chi connectivity index (χ1n) is 9.68. The van der Waals surface area contributed by atoms with Gasteiger partial charge in [-0.05, 0) is 35.4 Å². The molecule has 0 aliphatic carbocycles. The molecule has 1 unspecified atom stereocenters. The number of amides is 2. The molecular weight excluding hydrogens is 456 g/mol. The van der Waals surface area contributed by atoms with Gasteiger partial charge < -0.3 is 10.6 Å². The molecule has 1 aromatic carbocycles. The normalized spacial score (nSPS) is 15.0. The predicted molar refractivity (Wildman–Crippen MR) is 116 cm³/mol. The number of carbonyl (C=O) groups excluding carboxylic acids is 2. The highest BCUT2D eigenvalue weighted by atomic mass is 32.2. The Morgan fingerprint density at radius 3 is 2.55 bits per heavy atom. The number of anilines is 1. The van der Waals surface area contributed by atoms with Crippen molar-refractivity contribution in [2.45, 2.75) is 23.2 Å². The quantitative estimate of drug-likeness (QED) is 0.535. The molecule has 0 fully saturated rings. The van der Waals surface area contributed by atoms with E-state index in [0.717, 1.165) is 38.6 Å². The lowest BCUT2D eigenvalue weighted by Crippen LogP contribution is -2.48. The maximum Gasteiger partial charge on any atom is 0.332 e. The molecule has 2 N–H and O–H groups in total. The van der Waals surface area contributed by atoms with E-state index < -0.39 is 39.9 Å². The van der Waals surface area contributed by atoms with Gasteiger partial charge in [0.15, 0.2) is 16.9 Å². The molecule has 1 aliphatic rings. The van der Waals surface area contributed by atoms with Gasteiger partial charge in [0.25, 0.3) is 5.56 Å². The van der Waals surface area contributed by atoms with Crippen LogP contribution >= 0.6 is 11.8 Å². The molecule has 0 spiro atoms. The van der Waals surface area contributed by atoms with E-state index >= 15 is 0 Å². The van der Waals surface area contributed by atoms with Gasteiger partial charge in [-0.15, -0.1) is 0 Å². The van der Waals surface area contributed by atoms with E-state index in [4.69, 9.17) is 0 Å². The summed E-state index contributed by atoms with van der Waals surface area (Å²) in [6.07, 6.45) is 3.13. The highest BCUT2D eigenvalue weighted by Gasteiger charge is 2.36. The van der Waals surface area contributed by atoms with Crippen molar-refractivity contribution in [3.05, 3.63) is 86.3 Å². The van der Waals surface area contributed by atoms with Gasteiger partial charge >= 0.3 is 5.69 Å². The molecular formula is C21H17F2N5O4S. The fourth-order valence-electron chi connectivity index (χ4n) is 3.26. The summed E-state index contributed by atoms with van der Waals surface area (Å²) in [5, 5.41) is 3.83. The van der Waals surface area contributed by atoms with Gasteiger partial charge in [0.2, 0.25) is 11.8 Å². The second kappa shape index (κ2) is 8.98. The highest BCUT2D eigenvalue weighted by Crippen LogP contribution is 2.32. The van der Waals surface area contributed by atoms with Crippen molar-refractivity contribution in [3.63, 3.8) is 0 Å². The summed E-state index contributed by atoms with van der Waals surface area (Å²) in [6, 6.07) is 6.46. The number of hydrogen-bond acceptors (Lipinski definition) is 6. The summed E-state index contributed by atoms with van der Waals surface area (Å²) in [4.78, 5) is 54.8. The van der Waals surface area contributed by atoms with Gasteiger partial charge in [0, 0.05) is 26.0 Å². The van der Waals surface area contributed by atoms with Crippen molar-refractivity contribution in [2.24, 2.45) is 7.05 Å². The number of thioether (sulfide) groups is 1. The van der Waals surface area contributed by atoms with Crippen molar-refractivity contribution >= 4 is 29.4 Å². The van der Waals surface area contributed by atoms with Crippen molar-refractivity contribution in [1.29, 1.82) is 0 Å². The van der Waals surface area contributed by atoms with Gasteiger partial charge in [0.05, 0.1) is 6.54 Å². The Hall–Kier alpha value is -3.80. The number of fused-ring (bicyclic) bond motifs is 1. The molecule has 1 atom stereocenters. The Balaban J connectivity index is 1.63. The number of rotatable bonds is 5. The maximum absolute atomic E-state index is 13.6. The van der Waals surface area contributed by atoms with Crippen molar-refractivity contribution in [3.8, 4) is 0 Å². The zero-order valence-electron chi connectivity index (χ0n) is 17.2. The van der Waals surface area contributed by atoms with Crippen LogP contribution in [0.15, 0.2) is 57.2 Å². The summed E-state index contributed by atoms with van der Waals surface area (Å²) in [6.45, 7) is -0.157.